The number of aliphatic carboxylic acids is 1. The van der Waals surface area contributed by atoms with Gasteiger partial charge in [-0.25, -0.2) is 0 Å². The molecule has 0 spiro atoms. The fraction of sp³-hybridized carbons (Fsp3) is 0.848. The minimum Gasteiger partial charge on any atom is -0.544 e. The first kappa shape index (κ1) is 51.8. The highest BCUT2D eigenvalue weighted by Crippen LogP contribution is 2.16. The summed E-state index contributed by atoms with van der Waals surface area (Å²) < 4.78 is 17.1. The second kappa shape index (κ2) is 37.7. The van der Waals surface area contributed by atoms with Gasteiger partial charge in [0.2, 0.25) is 0 Å². The van der Waals surface area contributed by atoms with Crippen LogP contribution in [-0.2, 0) is 28.6 Å². The highest BCUT2D eigenvalue weighted by atomic mass is 16.6. The second-order valence-electron chi connectivity index (χ2n) is 16.3. The fourth-order valence-electron chi connectivity index (χ4n) is 6.64. The lowest BCUT2D eigenvalue weighted by Gasteiger charge is -2.34. The summed E-state index contributed by atoms with van der Waals surface area (Å²) in [6.45, 7) is 4.55. The molecule has 0 heterocycles. The van der Waals surface area contributed by atoms with Gasteiger partial charge in [-0.1, -0.05) is 167 Å². The van der Waals surface area contributed by atoms with Crippen LogP contribution in [0.5, 0.6) is 0 Å². The number of likely N-dealkylation sites (N-methyl/N-ethyl adjacent to an activating group) is 1. The lowest BCUT2D eigenvalue weighted by molar-refractivity contribution is -0.889. The lowest BCUT2D eigenvalue weighted by atomic mass is 10.0. The summed E-state index contributed by atoms with van der Waals surface area (Å²) in [6.07, 6.45) is 40.6. The van der Waals surface area contributed by atoms with Crippen molar-refractivity contribution in [3.05, 3.63) is 24.3 Å². The van der Waals surface area contributed by atoms with Gasteiger partial charge in [-0.3, -0.25) is 9.59 Å². The molecule has 0 aromatic rings. The van der Waals surface area contributed by atoms with Crippen LogP contribution < -0.4 is 5.11 Å². The quantitative estimate of drug-likeness (QED) is 0.0265. The molecule has 0 aliphatic heterocycles. The molecular weight excluding hydrogens is 679 g/mol. The van der Waals surface area contributed by atoms with E-state index in [0.717, 1.165) is 70.6 Å². The van der Waals surface area contributed by atoms with Crippen LogP contribution in [0, 0.1) is 0 Å². The molecule has 8 nitrogen and oxygen atoms in total. The summed E-state index contributed by atoms with van der Waals surface area (Å²) in [5, 5.41) is 11.6. The summed E-state index contributed by atoms with van der Waals surface area (Å²) in [5.41, 5.74) is 0. The number of nitrogens with zero attached hydrogens (tertiary/aromatic N) is 1. The van der Waals surface area contributed by atoms with Crippen LogP contribution in [-0.4, -0.2) is 75.5 Å². The average molecular weight is 764 g/mol. The Hall–Kier alpha value is -2.19. The van der Waals surface area contributed by atoms with Crippen LogP contribution in [0.3, 0.4) is 0 Å². The van der Waals surface area contributed by atoms with Crippen LogP contribution in [0.15, 0.2) is 24.3 Å². The van der Waals surface area contributed by atoms with Gasteiger partial charge in [0.1, 0.15) is 12.6 Å². The molecule has 0 aromatic heterocycles. The third-order valence-corrected chi connectivity index (χ3v) is 10.1. The Kier molecular flexibility index (Phi) is 36.2. The summed E-state index contributed by atoms with van der Waals surface area (Å²) in [7, 11) is 5.40. The van der Waals surface area contributed by atoms with Gasteiger partial charge < -0.3 is 28.6 Å². The lowest BCUT2D eigenvalue weighted by Crippen LogP contribution is -2.55. The Bertz CT molecular complexity index is 942. The number of ether oxygens (including phenoxy) is 3. The fourth-order valence-corrected chi connectivity index (χ4v) is 6.64. The largest absolute Gasteiger partial charge is 0.544 e. The number of carboxylic acids is 1. The maximum absolute atomic E-state index is 12.7. The monoisotopic (exact) mass is 764 g/mol. The molecule has 2 unspecified atom stereocenters. The topological polar surface area (TPSA) is 102 Å². The van der Waals surface area contributed by atoms with Gasteiger partial charge in [0.25, 0.3) is 0 Å². The van der Waals surface area contributed by atoms with Crippen molar-refractivity contribution in [2.75, 3.05) is 41.0 Å². The van der Waals surface area contributed by atoms with E-state index in [1.54, 1.807) is 21.1 Å². The molecule has 0 aliphatic carbocycles. The first-order chi connectivity index (χ1) is 26.1. The Balaban J connectivity index is 4.27. The number of rotatable bonds is 40. The predicted octanol–water partition coefficient (Wildman–Crippen LogP) is 10.7. The van der Waals surface area contributed by atoms with E-state index in [0.29, 0.717) is 12.8 Å². The number of carboxylic acid groups (broad SMARTS) is 1. The van der Waals surface area contributed by atoms with Crippen LogP contribution in [0.4, 0.5) is 0 Å². The third kappa shape index (κ3) is 35.5. The van der Waals surface area contributed by atoms with E-state index in [1.165, 1.54) is 96.3 Å². The van der Waals surface area contributed by atoms with Crippen molar-refractivity contribution in [2.24, 2.45) is 0 Å². The van der Waals surface area contributed by atoms with Gasteiger partial charge in [-0.2, -0.15) is 0 Å². The molecule has 0 rings (SSSR count). The minimum atomic E-state index is -1.13. The molecule has 8 heteroatoms. The van der Waals surface area contributed by atoms with Gasteiger partial charge in [-0.05, 0) is 38.5 Å². The zero-order chi connectivity index (χ0) is 40.0. The molecule has 0 saturated heterocycles. The van der Waals surface area contributed by atoms with E-state index >= 15 is 0 Å². The molecule has 0 fully saturated rings. The standard InChI is InChI=1S/C46H85NO7/c1-6-8-10-12-14-16-18-20-21-22-23-24-25-27-28-30-32-34-36-44(48)53-41-42(40-52-39-38-43(46(50)51)47(3,4)5)54-45(49)37-35-33-31-29-26-19-17-15-13-11-9-7-2/h9,11,15,17,42-43H,6-8,10,12-14,16,18-41H2,1-5H3/b11-9+,17-15+. The highest BCUT2D eigenvalue weighted by Gasteiger charge is 2.25. The number of allylic oxidation sites excluding steroid dienone is 4. The second-order valence-corrected chi connectivity index (χ2v) is 16.3. The van der Waals surface area contributed by atoms with Crippen molar-refractivity contribution in [1.29, 1.82) is 0 Å². The molecule has 316 valence electrons. The Morgan fingerprint density at radius 1 is 0.574 bits per heavy atom. The van der Waals surface area contributed by atoms with Gasteiger partial charge in [0.05, 0.1) is 40.3 Å². The first-order valence-corrected chi connectivity index (χ1v) is 22.4. The Morgan fingerprint density at radius 3 is 1.52 bits per heavy atom. The molecule has 0 bridgehead atoms. The molecule has 0 amide bonds. The molecule has 0 saturated carbocycles. The molecule has 54 heavy (non-hydrogen) atoms. The number of hydrogen-bond donors (Lipinski definition) is 0. The van der Waals surface area contributed by atoms with Gasteiger partial charge in [0, 0.05) is 19.3 Å². The van der Waals surface area contributed by atoms with Crippen molar-refractivity contribution in [3.63, 3.8) is 0 Å². The number of hydrogen-bond acceptors (Lipinski definition) is 7. The highest BCUT2D eigenvalue weighted by molar-refractivity contribution is 5.70. The predicted molar refractivity (Wildman–Crippen MR) is 222 cm³/mol. The Morgan fingerprint density at radius 2 is 1.04 bits per heavy atom. The average Bonchev–Trinajstić information content (AvgIpc) is 3.12. The third-order valence-electron chi connectivity index (χ3n) is 10.1. The van der Waals surface area contributed by atoms with E-state index in [1.807, 2.05) is 0 Å². The molecule has 0 N–H and O–H groups in total. The van der Waals surface area contributed by atoms with Crippen molar-refractivity contribution < 1.29 is 38.2 Å². The van der Waals surface area contributed by atoms with Crippen LogP contribution >= 0.6 is 0 Å². The van der Waals surface area contributed by atoms with Crippen molar-refractivity contribution >= 4 is 17.9 Å². The van der Waals surface area contributed by atoms with Crippen molar-refractivity contribution in [3.8, 4) is 0 Å². The van der Waals surface area contributed by atoms with E-state index in [9.17, 15) is 19.5 Å². The molecule has 0 aromatic carbocycles. The van der Waals surface area contributed by atoms with Crippen LogP contribution in [0.1, 0.15) is 200 Å². The number of carbonyl (C=O) groups is 3. The summed E-state index contributed by atoms with van der Waals surface area (Å²) >= 11 is 0. The SMILES string of the molecule is CC/C=C/C/C=C/CCCCCCCC(=O)OC(COCCC(C(=O)[O-])[N+](C)(C)C)COC(=O)CCCCCCCCCCCCCCCCCCCC. The maximum atomic E-state index is 12.7. The molecular formula is C46H85NO7. The van der Waals surface area contributed by atoms with Gasteiger partial charge >= 0.3 is 11.9 Å². The first-order valence-electron chi connectivity index (χ1n) is 22.4. The van der Waals surface area contributed by atoms with E-state index in [-0.39, 0.29) is 42.7 Å². The summed E-state index contributed by atoms with van der Waals surface area (Å²) in [6, 6.07) is -0.725. The number of carbonyl (C=O) groups excluding carboxylic acids is 3. The zero-order valence-electron chi connectivity index (χ0n) is 35.9. The molecule has 2 atom stereocenters. The van der Waals surface area contributed by atoms with Gasteiger partial charge in [0.15, 0.2) is 6.10 Å². The van der Waals surface area contributed by atoms with E-state index in [2.05, 4.69) is 38.2 Å². The summed E-state index contributed by atoms with van der Waals surface area (Å²) in [5.74, 6) is -1.74. The van der Waals surface area contributed by atoms with Crippen molar-refractivity contribution in [2.45, 2.75) is 212 Å². The number of unbranched alkanes of at least 4 members (excludes halogenated alkanes) is 22. The minimum absolute atomic E-state index is 0.0386. The molecule has 0 radical (unpaired) electrons. The van der Waals surface area contributed by atoms with E-state index in [4.69, 9.17) is 14.2 Å². The zero-order valence-corrected chi connectivity index (χ0v) is 35.9. The van der Waals surface area contributed by atoms with E-state index < -0.39 is 18.1 Å². The number of quaternary nitrogens is 1. The smallest absolute Gasteiger partial charge is 0.306 e. The maximum Gasteiger partial charge on any atom is 0.306 e. The Labute approximate surface area is 332 Å². The van der Waals surface area contributed by atoms with Gasteiger partial charge in [-0.15, -0.1) is 0 Å². The molecule has 0 aliphatic rings. The van der Waals surface area contributed by atoms with Crippen molar-refractivity contribution in [1.82, 2.24) is 0 Å². The van der Waals surface area contributed by atoms with Crippen LogP contribution in [0.2, 0.25) is 0 Å². The normalized spacial score (nSPS) is 13.1. The van der Waals surface area contributed by atoms with Crippen LogP contribution in [0.25, 0.3) is 0 Å². The number of esters is 2. The summed E-state index contributed by atoms with van der Waals surface area (Å²) in [4.78, 5) is 36.8.